The number of hydrogen-bond donors (Lipinski definition) is 3. The smallest absolute Gasteiger partial charge is 0.354 e. The van der Waals surface area contributed by atoms with Crippen molar-refractivity contribution in [1.82, 2.24) is 4.98 Å². The molecule has 260 valence electrons. The highest BCUT2D eigenvalue weighted by Gasteiger charge is 2.49. The Bertz CT molecular complexity index is 1650. The second-order valence-corrected chi connectivity index (χ2v) is 14.6. The lowest BCUT2D eigenvalue weighted by molar-refractivity contribution is 0.0127. The number of hydrogen-bond acceptors (Lipinski definition) is 9. The molecular formula is C36H46N2O9S. The molecule has 1 aliphatic rings. The number of aliphatic hydroxyl groups excluding tert-OH is 1. The van der Waals surface area contributed by atoms with Crippen molar-refractivity contribution in [2.24, 2.45) is 5.41 Å². The molecule has 11 nitrogen and oxygen atoms in total. The van der Waals surface area contributed by atoms with Gasteiger partial charge >= 0.3 is 11.9 Å². The van der Waals surface area contributed by atoms with Gasteiger partial charge in [0, 0.05) is 49.7 Å². The third-order valence-electron chi connectivity index (χ3n) is 8.96. The second kappa shape index (κ2) is 15.8. The average molecular weight is 683 g/mol. The van der Waals surface area contributed by atoms with Crippen molar-refractivity contribution in [2.45, 2.75) is 75.7 Å². The fraction of sp³-hybridized carbons (Fsp3) is 0.472. The van der Waals surface area contributed by atoms with E-state index in [-0.39, 0.29) is 29.6 Å². The van der Waals surface area contributed by atoms with Crippen molar-refractivity contribution >= 4 is 27.5 Å². The molecular weight excluding hydrogens is 636 g/mol. The lowest BCUT2D eigenvalue weighted by Crippen LogP contribution is -2.43. The zero-order chi connectivity index (χ0) is 35.1. The molecule has 4 rings (SSSR count). The van der Waals surface area contributed by atoms with E-state index in [0.29, 0.717) is 30.6 Å². The number of carbonyl (C=O) groups is 2. The third-order valence-corrected chi connectivity index (χ3v) is 11.0. The van der Waals surface area contributed by atoms with Gasteiger partial charge in [-0.05, 0) is 54.3 Å². The number of ether oxygens (including phenoxy) is 2. The number of aliphatic hydroxyl groups is 1. The Morgan fingerprint density at radius 1 is 0.854 bits per heavy atom. The molecule has 0 fully saturated rings. The Labute approximate surface area is 282 Å². The molecule has 1 aromatic heterocycles. The van der Waals surface area contributed by atoms with Crippen LogP contribution in [0.5, 0.6) is 11.5 Å². The van der Waals surface area contributed by atoms with Gasteiger partial charge in [-0.1, -0.05) is 51.7 Å². The van der Waals surface area contributed by atoms with Crippen LogP contribution in [-0.2, 0) is 9.84 Å². The minimum atomic E-state index is -3.70. The van der Waals surface area contributed by atoms with E-state index < -0.39 is 50.6 Å². The minimum Gasteiger partial charge on any atom is -0.493 e. The first kappa shape index (κ1) is 36.7. The number of aromatic carboxylic acids is 2. The number of unbranched alkanes of at least 4 members (excludes halogenated alkanes) is 2. The molecule has 0 saturated carbocycles. The normalized spacial score (nSPS) is 17.9. The summed E-state index contributed by atoms with van der Waals surface area (Å²) in [7, 11) is 0.106. The van der Waals surface area contributed by atoms with E-state index >= 15 is 0 Å². The maximum atomic E-state index is 14.0. The van der Waals surface area contributed by atoms with Gasteiger partial charge < -0.3 is 29.7 Å². The van der Waals surface area contributed by atoms with Crippen LogP contribution in [0.4, 0.5) is 5.69 Å². The number of benzene rings is 2. The largest absolute Gasteiger partial charge is 0.493 e. The number of aromatic nitrogens is 1. The zero-order valence-electron chi connectivity index (χ0n) is 28.0. The van der Waals surface area contributed by atoms with Crippen LogP contribution in [0.2, 0.25) is 0 Å². The Hall–Kier alpha value is -4.16. The summed E-state index contributed by atoms with van der Waals surface area (Å²) >= 11 is 0. The molecule has 12 heteroatoms. The minimum absolute atomic E-state index is 0.0831. The second-order valence-electron chi connectivity index (χ2n) is 12.7. The summed E-state index contributed by atoms with van der Waals surface area (Å²) in [6.45, 7) is 4.56. The molecule has 3 N–H and O–H groups in total. The Morgan fingerprint density at radius 2 is 1.42 bits per heavy atom. The summed E-state index contributed by atoms with van der Waals surface area (Å²) < 4.78 is 39.6. The van der Waals surface area contributed by atoms with E-state index in [1.54, 1.807) is 18.2 Å². The standard InChI is InChI=1S/C36H46N2O9S/c1-5-7-16-36(17-8-6-2)23-48(44,45)31-15-12-25(38(3)4)20-28(31)32(33(36)39)24-10-13-26(14-11-24)46-18-9-19-47-27-21-29(34(40)41)37-30(22-27)35(42)43/h10-15,20-22,32-33,39H,5-9,16-19,23H2,1-4H3,(H,40,41)(H,42,43)/t32-,33-/m1/s1. The summed E-state index contributed by atoms with van der Waals surface area (Å²) in [5.41, 5.74) is 0.599. The number of carboxylic acids is 2. The Morgan fingerprint density at radius 3 is 1.94 bits per heavy atom. The SMILES string of the molecule is CCCCC1(CCCC)CS(=O)(=O)c2ccc(N(C)C)cc2[C@@H](c2ccc(OCCCOc3cc(C(=O)O)nc(C(=O)O)c3)cc2)[C@H]1O. The molecule has 0 saturated heterocycles. The molecule has 0 amide bonds. The van der Waals surface area contributed by atoms with Crippen molar-refractivity contribution in [3.05, 3.63) is 77.1 Å². The molecule has 1 aliphatic heterocycles. The van der Waals surface area contributed by atoms with Gasteiger partial charge in [-0.2, -0.15) is 0 Å². The summed E-state index contributed by atoms with van der Waals surface area (Å²) in [6, 6.07) is 15.1. The molecule has 0 radical (unpaired) electrons. The maximum Gasteiger partial charge on any atom is 0.354 e. The monoisotopic (exact) mass is 682 g/mol. The van der Waals surface area contributed by atoms with E-state index in [4.69, 9.17) is 9.47 Å². The molecule has 2 heterocycles. The number of carboxylic acid groups (broad SMARTS) is 2. The van der Waals surface area contributed by atoms with Crippen LogP contribution < -0.4 is 14.4 Å². The van der Waals surface area contributed by atoms with Crippen LogP contribution in [0.1, 0.15) is 96.8 Å². The molecule has 48 heavy (non-hydrogen) atoms. The van der Waals surface area contributed by atoms with Gasteiger partial charge in [0.1, 0.15) is 11.5 Å². The van der Waals surface area contributed by atoms with E-state index in [1.165, 1.54) is 12.1 Å². The van der Waals surface area contributed by atoms with Crippen LogP contribution in [-0.4, -0.2) is 79.8 Å². The number of anilines is 1. The Kier molecular flexibility index (Phi) is 12.1. The van der Waals surface area contributed by atoms with E-state index in [0.717, 1.165) is 36.9 Å². The molecule has 2 aromatic carbocycles. The van der Waals surface area contributed by atoms with Gasteiger partial charge in [0.05, 0.1) is 30.0 Å². The van der Waals surface area contributed by atoms with E-state index in [9.17, 15) is 33.3 Å². The van der Waals surface area contributed by atoms with Gasteiger partial charge in [-0.15, -0.1) is 0 Å². The Balaban J connectivity index is 1.57. The van der Waals surface area contributed by atoms with Crippen LogP contribution in [0, 0.1) is 5.41 Å². The van der Waals surface area contributed by atoms with Crippen molar-refractivity contribution in [3.63, 3.8) is 0 Å². The molecule has 0 bridgehead atoms. The number of sulfone groups is 1. The van der Waals surface area contributed by atoms with Crippen LogP contribution in [0.3, 0.4) is 0 Å². The summed E-state index contributed by atoms with van der Waals surface area (Å²) in [5, 5.41) is 30.8. The number of pyridine rings is 1. The molecule has 0 aliphatic carbocycles. The highest BCUT2D eigenvalue weighted by Crippen LogP contribution is 2.50. The third kappa shape index (κ3) is 8.46. The molecule has 2 atom stereocenters. The predicted molar refractivity (Wildman–Crippen MR) is 182 cm³/mol. The number of fused-ring (bicyclic) bond motifs is 1. The van der Waals surface area contributed by atoms with Gasteiger partial charge in [0.15, 0.2) is 21.2 Å². The quantitative estimate of drug-likeness (QED) is 0.151. The van der Waals surface area contributed by atoms with Gasteiger partial charge in [0.25, 0.3) is 0 Å². The predicted octanol–water partition coefficient (Wildman–Crippen LogP) is 6.04. The fourth-order valence-electron chi connectivity index (χ4n) is 6.41. The van der Waals surface area contributed by atoms with Crippen LogP contribution >= 0.6 is 0 Å². The average Bonchev–Trinajstić information content (AvgIpc) is 3.12. The summed E-state index contributed by atoms with van der Waals surface area (Å²) in [4.78, 5) is 28.4. The highest BCUT2D eigenvalue weighted by molar-refractivity contribution is 7.91. The molecule has 3 aromatic rings. The van der Waals surface area contributed by atoms with Gasteiger partial charge in [0.2, 0.25) is 0 Å². The van der Waals surface area contributed by atoms with Crippen molar-refractivity contribution in [1.29, 1.82) is 0 Å². The van der Waals surface area contributed by atoms with Crippen molar-refractivity contribution in [2.75, 3.05) is 38.0 Å². The van der Waals surface area contributed by atoms with Crippen molar-refractivity contribution in [3.8, 4) is 11.5 Å². The van der Waals surface area contributed by atoms with Crippen molar-refractivity contribution < 1.29 is 42.8 Å². The summed E-state index contributed by atoms with van der Waals surface area (Å²) in [5.74, 6) is -2.72. The lowest BCUT2D eigenvalue weighted by Gasteiger charge is -2.40. The van der Waals surface area contributed by atoms with Crippen LogP contribution in [0.25, 0.3) is 0 Å². The topological polar surface area (TPSA) is 164 Å². The lowest BCUT2D eigenvalue weighted by atomic mass is 9.68. The first-order valence-corrected chi connectivity index (χ1v) is 18.0. The maximum absolute atomic E-state index is 14.0. The van der Waals surface area contributed by atoms with E-state index in [2.05, 4.69) is 18.8 Å². The van der Waals surface area contributed by atoms with Gasteiger partial charge in [-0.3, -0.25) is 0 Å². The summed E-state index contributed by atoms with van der Waals surface area (Å²) in [6.07, 6.45) is 4.17. The number of rotatable bonds is 16. The first-order chi connectivity index (χ1) is 22.8. The molecule has 0 spiro atoms. The number of nitrogens with zero attached hydrogens (tertiary/aromatic N) is 2. The molecule has 0 unspecified atom stereocenters. The zero-order valence-corrected chi connectivity index (χ0v) is 28.8. The van der Waals surface area contributed by atoms with E-state index in [1.807, 2.05) is 43.3 Å². The van der Waals surface area contributed by atoms with Gasteiger partial charge in [-0.25, -0.2) is 23.0 Å². The van der Waals surface area contributed by atoms with Crippen LogP contribution in [0.15, 0.2) is 59.5 Å². The first-order valence-electron chi connectivity index (χ1n) is 16.4. The fourth-order valence-corrected chi connectivity index (χ4v) is 8.60. The highest BCUT2D eigenvalue weighted by atomic mass is 32.2.